The van der Waals surface area contributed by atoms with Crippen LogP contribution >= 0.6 is 39.1 Å². The van der Waals surface area contributed by atoms with Crippen LogP contribution in [-0.4, -0.2) is 23.9 Å². The van der Waals surface area contributed by atoms with E-state index in [0.717, 1.165) is 16.2 Å². The predicted molar refractivity (Wildman–Crippen MR) is 119 cm³/mol. The number of hydrogen-bond donors (Lipinski definition) is 1. The molecule has 0 radical (unpaired) electrons. The van der Waals surface area contributed by atoms with Gasteiger partial charge in [-0.25, -0.2) is 23.4 Å². The fraction of sp³-hybridized carbons (Fsp3) is 0.158. The van der Waals surface area contributed by atoms with Crippen LogP contribution in [0.3, 0.4) is 0 Å². The average molecular weight is 530 g/mol. The summed E-state index contributed by atoms with van der Waals surface area (Å²) in [7, 11) is -4.14. The van der Waals surface area contributed by atoms with Gasteiger partial charge in [0, 0.05) is 20.9 Å². The third kappa shape index (κ3) is 3.54. The quantitative estimate of drug-likeness (QED) is 0.546. The van der Waals surface area contributed by atoms with Crippen molar-refractivity contribution in [1.82, 2.24) is 9.55 Å². The summed E-state index contributed by atoms with van der Waals surface area (Å²) in [5.41, 5.74) is -0.0825. The van der Waals surface area contributed by atoms with Crippen LogP contribution < -0.4 is 10.0 Å². The topological polar surface area (TPSA) is 98.3 Å². The molecule has 2 heterocycles. The van der Waals surface area contributed by atoms with Gasteiger partial charge in [-0.3, -0.25) is 9.36 Å². The fourth-order valence-electron chi connectivity index (χ4n) is 3.63. The summed E-state index contributed by atoms with van der Waals surface area (Å²) in [5.74, 6) is -0.251. The molecule has 7 nitrogen and oxygen atoms in total. The normalized spacial score (nSPS) is 18.7. The molecule has 1 atom stereocenters. The van der Waals surface area contributed by atoms with Crippen LogP contribution in [0, 0.1) is 0 Å². The Hall–Kier alpha value is -1.91. The summed E-state index contributed by atoms with van der Waals surface area (Å²) in [5, 5.41) is 5.83. The van der Waals surface area contributed by atoms with Gasteiger partial charge in [-0.1, -0.05) is 51.3 Å². The van der Waals surface area contributed by atoms with Crippen LogP contribution in [0.5, 0.6) is 0 Å². The average Bonchev–Trinajstić information content (AvgIpc) is 3.16. The summed E-state index contributed by atoms with van der Waals surface area (Å²) in [4.78, 5) is 19.2. The smallest absolute Gasteiger partial charge is 0.260 e. The van der Waals surface area contributed by atoms with Crippen molar-refractivity contribution in [1.29, 1.82) is 0 Å². The summed E-state index contributed by atoms with van der Waals surface area (Å²) in [6.45, 7) is 1.66. The van der Waals surface area contributed by atoms with Gasteiger partial charge in [-0.2, -0.15) is 0 Å². The molecule has 0 bridgehead atoms. The van der Waals surface area contributed by atoms with Crippen LogP contribution in [0.25, 0.3) is 0 Å². The number of sulfonamides is 1. The van der Waals surface area contributed by atoms with E-state index < -0.39 is 15.6 Å². The van der Waals surface area contributed by atoms with Crippen molar-refractivity contribution >= 4 is 66.7 Å². The van der Waals surface area contributed by atoms with Crippen molar-refractivity contribution in [3.05, 3.63) is 68.7 Å². The Morgan fingerprint density at radius 3 is 2.30 bits per heavy atom. The first-order valence-electron chi connectivity index (χ1n) is 8.67. The SMILES string of the molecule is C[C@@]1(Cc2ccc(Br)cc2)C(=O)N(c2cc(Cl)cc(Cl)c2)c2ncc(S(N)(=O)=O)n21. The van der Waals surface area contributed by atoms with Crippen molar-refractivity contribution in [2.24, 2.45) is 5.14 Å². The maximum Gasteiger partial charge on any atom is 0.260 e. The van der Waals surface area contributed by atoms with Crippen LogP contribution in [0.4, 0.5) is 11.6 Å². The molecule has 0 saturated heterocycles. The highest BCUT2D eigenvalue weighted by Gasteiger charge is 2.51. The molecule has 4 rings (SSSR count). The van der Waals surface area contributed by atoms with E-state index in [4.69, 9.17) is 28.3 Å². The van der Waals surface area contributed by atoms with E-state index in [1.54, 1.807) is 19.1 Å². The third-order valence-corrected chi connectivity index (χ3v) is 6.76. The number of carbonyl (C=O) groups is 1. The van der Waals surface area contributed by atoms with E-state index in [1.165, 1.54) is 15.5 Å². The first kappa shape index (κ1) is 21.3. The van der Waals surface area contributed by atoms with E-state index in [-0.39, 0.29) is 23.3 Å². The molecule has 1 amide bonds. The van der Waals surface area contributed by atoms with E-state index in [9.17, 15) is 13.2 Å². The van der Waals surface area contributed by atoms with Crippen LogP contribution in [0.15, 0.2) is 58.2 Å². The number of benzene rings is 2. The number of anilines is 2. The second-order valence-electron chi connectivity index (χ2n) is 7.12. The monoisotopic (exact) mass is 528 g/mol. The minimum absolute atomic E-state index is 0.127. The molecule has 0 saturated carbocycles. The number of nitrogens with two attached hydrogens (primary N) is 1. The number of amides is 1. The maximum atomic E-state index is 13.7. The molecule has 1 aromatic heterocycles. The second-order valence-corrected chi connectivity index (χ2v) is 10.4. The number of primary sulfonamides is 1. The van der Waals surface area contributed by atoms with Crippen LogP contribution in [-0.2, 0) is 26.8 Å². The molecule has 156 valence electrons. The van der Waals surface area contributed by atoms with Crippen LogP contribution in [0.2, 0.25) is 10.0 Å². The number of imidazole rings is 1. The minimum atomic E-state index is -4.14. The Morgan fingerprint density at radius 1 is 1.13 bits per heavy atom. The molecule has 11 heteroatoms. The summed E-state index contributed by atoms with van der Waals surface area (Å²) in [6, 6.07) is 12.1. The third-order valence-electron chi connectivity index (χ3n) is 4.93. The maximum absolute atomic E-state index is 13.7. The summed E-state index contributed by atoms with van der Waals surface area (Å²) >= 11 is 15.6. The lowest BCUT2D eigenvalue weighted by Gasteiger charge is -2.26. The summed E-state index contributed by atoms with van der Waals surface area (Å²) in [6.07, 6.45) is 1.37. The number of carbonyl (C=O) groups excluding carboxylic acids is 1. The van der Waals surface area contributed by atoms with Gasteiger partial charge in [0.25, 0.3) is 15.9 Å². The molecule has 0 aliphatic carbocycles. The molecular weight excluding hydrogens is 515 g/mol. The Balaban J connectivity index is 1.93. The zero-order valence-electron chi connectivity index (χ0n) is 15.5. The molecule has 0 unspecified atom stereocenters. The van der Waals surface area contributed by atoms with Gasteiger partial charge >= 0.3 is 0 Å². The Bertz CT molecular complexity index is 1260. The second kappa shape index (κ2) is 7.35. The van der Waals surface area contributed by atoms with Gasteiger partial charge in [-0.05, 0) is 42.8 Å². The molecule has 30 heavy (non-hydrogen) atoms. The Kier molecular flexibility index (Phi) is 5.22. The van der Waals surface area contributed by atoms with E-state index >= 15 is 0 Å². The lowest BCUT2D eigenvalue weighted by molar-refractivity contribution is -0.124. The highest BCUT2D eigenvalue weighted by Crippen LogP contribution is 2.44. The largest absolute Gasteiger partial charge is 0.284 e. The molecule has 1 aliphatic rings. The van der Waals surface area contributed by atoms with Gasteiger partial charge in [-0.15, -0.1) is 0 Å². The van der Waals surface area contributed by atoms with Gasteiger partial charge in [0.2, 0.25) is 5.95 Å². The standard InChI is InChI=1S/C19H15BrCl2N4O3S/c1-19(9-11-2-4-12(20)5-3-11)17(27)25(15-7-13(21)6-14(22)8-15)18-24-10-16(26(18)19)30(23,28)29/h2-8,10H,9H2,1H3,(H2,23,28,29)/t19-/m1/s1. The van der Waals surface area contributed by atoms with Crippen molar-refractivity contribution in [2.45, 2.75) is 23.9 Å². The van der Waals surface area contributed by atoms with E-state index in [0.29, 0.717) is 15.7 Å². The van der Waals surface area contributed by atoms with E-state index in [2.05, 4.69) is 20.9 Å². The first-order valence-corrected chi connectivity index (χ1v) is 11.8. The molecule has 0 spiro atoms. The van der Waals surface area contributed by atoms with Gasteiger partial charge in [0.05, 0.1) is 11.9 Å². The van der Waals surface area contributed by atoms with E-state index in [1.807, 2.05) is 24.3 Å². The highest BCUT2D eigenvalue weighted by molar-refractivity contribution is 9.10. The van der Waals surface area contributed by atoms with Gasteiger partial charge in [0.1, 0.15) is 5.54 Å². The number of halogens is 3. The van der Waals surface area contributed by atoms with Crippen molar-refractivity contribution in [3.63, 3.8) is 0 Å². The Labute approximate surface area is 191 Å². The van der Waals surface area contributed by atoms with Gasteiger partial charge < -0.3 is 0 Å². The number of rotatable bonds is 4. The molecule has 0 fully saturated rings. The predicted octanol–water partition coefficient (Wildman–Crippen LogP) is 4.24. The number of hydrogen-bond acceptors (Lipinski definition) is 4. The molecular formula is C19H15BrCl2N4O3S. The Morgan fingerprint density at radius 2 is 1.73 bits per heavy atom. The minimum Gasteiger partial charge on any atom is -0.284 e. The van der Waals surface area contributed by atoms with Crippen LogP contribution in [0.1, 0.15) is 12.5 Å². The van der Waals surface area contributed by atoms with Crippen molar-refractivity contribution < 1.29 is 13.2 Å². The summed E-state index contributed by atoms with van der Waals surface area (Å²) < 4.78 is 26.7. The molecule has 3 aromatic rings. The molecule has 2 N–H and O–H groups in total. The lowest BCUT2D eigenvalue weighted by atomic mass is 9.92. The number of fused-ring (bicyclic) bond motifs is 1. The number of nitrogens with zero attached hydrogens (tertiary/aromatic N) is 3. The zero-order valence-corrected chi connectivity index (χ0v) is 19.4. The first-order chi connectivity index (χ1) is 14.0. The highest BCUT2D eigenvalue weighted by atomic mass is 79.9. The number of aromatic nitrogens is 2. The fourth-order valence-corrected chi connectivity index (χ4v) is 5.15. The molecule has 1 aliphatic heterocycles. The van der Waals surface area contributed by atoms with Crippen molar-refractivity contribution in [2.75, 3.05) is 4.90 Å². The molecule has 2 aromatic carbocycles. The lowest BCUT2D eigenvalue weighted by Crippen LogP contribution is -2.42. The van der Waals surface area contributed by atoms with Crippen molar-refractivity contribution in [3.8, 4) is 0 Å². The van der Waals surface area contributed by atoms with Gasteiger partial charge in [0.15, 0.2) is 5.03 Å². The zero-order chi connectivity index (χ0) is 21.8.